The topological polar surface area (TPSA) is 70.8 Å². The molecule has 4 rings (SSSR count). The van der Waals surface area contributed by atoms with Crippen molar-refractivity contribution in [3.05, 3.63) is 35.3 Å². The van der Waals surface area contributed by atoms with Crippen LogP contribution < -0.4 is 0 Å². The van der Waals surface area contributed by atoms with E-state index in [0.29, 0.717) is 12.1 Å². The third kappa shape index (κ3) is 2.34. The van der Waals surface area contributed by atoms with E-state index in [0.717, 1.165) is 30.3 Å². The van der Waals surface area contributed by atoms with Crippen LogP contribution in [0.4, 0.5) is 4.39 Å². The molecule has 1 aromatic carbocycles. The lowest BCUT2D eigenvalue weighted by molar-refractivity contribution is 0.136. The highest BCUT2D eigenvalue weighted by molar-refractivity contribution is 5.86. The zero-order valence-corrected chi connectivity index (χ0v) is 12.4. The first kappa shape index (κ1) is 16.2. The molecule has 2 unspecified atom stereocenters. The number of nitrogens with one attached hydrogen (secondary N) is 1. The molecule has 2 aliphatic heterocycles. The third-order valence-corrected chi connectivity index (χ3v) is 4.66. The van der Waals surface area contributed by atoms with Gasteiger partial charge in [0.15, 0.2) is 0 Å². The normalized spacial score (nSPS) is 23.5. The van der Waals surface area contributed by atoms with Gasteiger partial charge in [-0.2, -0.15) is 0 Å². The number of hydrogen-bond acceptors (Lipinski definition) is 2. The molecular weight excluding hydrogens is 295 g/mol. The molecular formula is C15H20ClFN2O2. The summed E-state index contributed by atoms with van der Waals surface area (Å²) in [5.74, 6) is -0.178. The Bertz CT molecular complexity index is 646. The molecule has 0 aliphatic carbocycles. The molecule has 2 aliphatic rings. The monoisotopic (exact) mass is 314 g/mol. The van der Waals surface area contributed by atoms with Gasteiger partial charge >= 0.3 is 0 Å². The smallest absolute Gasteiger partial charge is 0.123 e. The average molecular weight is 315 g/mol. The summed E-state index contributed by atoms with van der Waals surface area (Å²) < 4.78 is 13.5. The van der Waals surface area contributed by atoms with E-state index in [1.807, 2.05) is 6.07 Å². The first-order chi connectivity index (χ1) is 9.28. The highest BCUT2D eigenvalue weighted by Gasteiger charge is 2.41. The van der Waals surface area contributed by atoms with Crippen molar-refractivity contribution in [3.63, 3.8) is 0 Å². The van der Waals surface area contributed by atoms with Crippen LogP contribution in [0.1, 0.15) is 30.1 Å². The quantitative estimate of drug-likeness (QED) is 0.889. The summed E-state index contributed by atoms with van der Waals surface area (Å²) in [6.07, 6.45) is 3.27. The predicted octanol–water partition coefficient (Wildman–Crippen LogP) is 1.96. The standard InChI is InChI=1S/C15H17FN2O.ClH.H2O/c16-9-1-3-12-11(7-9)15-13(17-12)8-10-2-4-14(15)18(10)5-6-19;;/h1,3,7,10,14,17,19H,2,4-6,8H2;1H;1H2. The fourth-order valence-electron chi connectivity index (χ4n) is 3.94. The van der Waals surface area contributed by atoms with Crippen molar-refractivity contribution in [1.82, 2.24) is 9.88 Å². The lowest BCUT2D eigenvalue weighted by atomic mass is 9.97. The Morgan fingerprint density at radius 3 is 2.90 bits per heavy atom. The van der Waals surface area contributed by atoms with Gasteiger partial charge in [0.2, 0.25) is 0 Å². The van der Waals surface area contributed by atoms with Crippen LogP contribution >= 0.6 is 12.4 Å². The summed E-state index contributed by atoms with van der Waals surface area (Å²) in [6, 6.07) is 5.85. The van der Waals surface area contributed by atoms with Gasteiger partial charge in [0.25, 0.3) is 0 Å². The molecule has 3 heterocycles. The summed E-state index contributed by atoms with van der Waals surface area (Å²) in [5, 5.41) is 10.2. The minimum Gasteiger partial charge on any atom is -0.412 e. The van der Waals surface area contributed by atoms with E-state index in [-0.39, 0.29) is 30.3 Å². The Hall–Kier alpha value is -1.14. The van der Waals surface area contributed by atoms with E-state index >= 15 is 0 Å². The average Bonchev–Trinajstić information content (AvgIpc) is 2.87. The van der Waals surface area contributed by atoms with E-state index in [4.69, 9.17) is 0 Å². The molecule has 4 nitrogen and oxygen atoms in total. The minimum absolute atomic E-state index is 0. The molecule has 2 aromatic rings. The van der Waals surface area contributed by atoms with E-state index in [1.54, 1.807) is 6.07 Å². The summed E-state index contributed by atoms with van der Waals surface area (Å²) in [5.41, 5.74) is 3.56. The van der Waals surface area contributed by atoms with Crippen molar-refractivity contribution in [2.75, 3.05) is 13.2 Å². The second-order valence-corrected chi connectivity index (χ2v) is 5.62. The van der Waals surface area contributed by atoms with E-state index in [9.17, 15) is 9.50 Å². The molecule has 0 amide bonds. The van der Waals surface area contributed by atoms with Gasteiger partial charge in [-0.15, -0.1) is 12.4 Å². The van der Waals surface area contributed by atoms with Gasteiger partial charge in [0, 0.05) is 41.6 Å². The Morgan fingerprint density at radius 1 is 1.33 bits per heavy atom. The fraction of sp³-hybridized carbons (Fsp3) is 0.467. The number of aliphatic hydroxyl groups is 1. The van der Waals surface area contributed by atoms with E-state index in [1.165, 1.54) is 23.7 Å². The maximum absolute atomic E-state index is 13.5. The van der Waals surface area contributed by atoms with Gasteiger partial charge in [0.1, 0.15) is 5.82 Å². The number of rotatable bonds is 2. The molecule has 1 aromatic heterocycles. The van der Waals surface area contributed by atoms with Gasteiger partial charge < -0.3 is 15.6 Å². The number of fused-ring (bicyclic) bond motifs is 6. The van der Waals surface area contributed by atoms with Gasteiger partial charge in [-0.05, 0) is 36.6 Å². The van der Waals surface area contributed by atoms with Gasteiger partial charge in [0.05, 0.1) is 6.61 Å². The predicted molar refractivity (Wildman–Crippen MR) is 82.4 cm³/mol. The molecule has 0 radical (unpaired) electrons. The van der Waals surface area contributed by atoms with Crippen molar-refractivity contribution >= 4 is 23.3 Å². The van der Waals surface area contributed by atoms with Crippen molar-refractivity contribution in [3.8, 4) is 0 Å². The number of hydrogen-bond donors (Lipinski definition) is 2. The molecule has 116 valence electrons. The van der Waals surface area contributed by atoms with Gasteiger partial charge in [-0.1, -0.05) is 0 Å². The molecule has 0 spiro atoms. The van der Waals surface area contributed by atoms with Crippen LogP contribution in [0.2, 0.25) is 0 Å². The molecule has 21 heavy (non-hydrogen) atoms. The number of nitrogens with zero attached hydrogens (tertiary/aromatic N) is 1. The number of aromatic nitrogens is 1. The van der Waals surface area contributed by atoms with Crippen LogP contribution in [0.5, 0.6) is 0 Å². The first-order valence-corrected chi connectivity index (χ1v) is 6.94. The summed E-state index contributed by atoms with van der Waals surface area (Å²) in [6.45, 7) is 0.913. The number of aromatic amines is 1. The Labute approximate surface area is 128 Å². The molecule has 0 saturated carbocycles. The number of H-pyrrole nitrogens is 1. The van der Waals surface area contributed by atoms with E-state index < -0.39 is 0 Å². The van der Waals surface area contributed by atoms with Crippen molar-refractivity contribution in [1.29, 1.82) is 0 Å². The lowest BCUT2D eigenvalue weighted by Gasteiger charge is -2.34. The van der Waals surface area contributed by atoms with Gasteiger partial charge in [-0.25, -0.2) is 4.39 Å². The molecule has 1 saturated heterocycles. The zero-order chi connectivity index (χ0) is 13.0. The molecule has 4 N–H and O–H groups in total. The summed E-state index contributed by atoms with van der Waals surface area (Å²) in [4.78, 5) is 5.84. The molecule has 6 heteroatoms. The van der Waals surface area contributed by atoms with Crippen LogP contribution in [-0.4, -0.2) is 39.7 Å². The highest BCUT2D eigenvalue weighted by atomic mass is 35.5. The SMILES string of the molecule is Cl.O.OCCN1C2CCC1c1c([nH]c3ccc(F)cc13)C2. The fourth-order valence-corrected chi connectivity index (χ4v) is 3.94. The van der Waals surface area contributed by atoms with Crippen LogP contribution in [0, 0.1) is 5.82 Å². The molecule has 1 fully saturated rings. The largest absolute Gasteiger partial charge is 0.412 e. The second-order valence-electron chi connectivity index (χ2n) is 5.62. The van der Waals surface area contributed by atoms with Crippen molar-refractivity contribution in [2.24, 2.45) is 0 Å². The van der Waals surface area contributed by atoms with Crippen LogP contribution in [-0.2, 0) is 6.42 Å². The van der Waals surface area contributed by atoms with Crippen molar-refractivity contribution in [2.45, 2.75) is 31.3 Å². The summed E-state index contributed by atoms with van der Waals surface area (Å²) >= 11 is 0. The number of aliphatic hydroxyl groups excluding tert-OH is 1. The van der Waals surface area contributed by atoms with Crippen molar-refractivity contribution < 1.29 is 15.0 Å². The second kappa shape index (κ2) is 5.93. The highest BCUT2D eigenvalue weighted by Crippen LogP contribution is 2.46. The van der Waals surface area contributed by atoms with Crippen LogP contribution in [0.15, 0.2) is 18.2 Å². The molecule has 2 atom stereocenters. The molecule has 2 bridgehead atoms. The van der Waals surface area contributed by atoms with E-state index in [2.05, 4.69) is 9.88 Å². The van der Waals surface area contributed by atoms with Crippen LogP contribution in [0.3, 0.4) is 0 Å². The Balaban J connectivity index is 0.000000807. The number of halogens is 2. The first-order valence-electron chi connectivity index (χ1n) is 6.94. The maximum atomic E-state index is 13.5. The zero-order valence-electron chi connectivity index (χ0n) is 11.6. The lowest BCUT2D eigenvalue weighted by Crippen LogP contribution is -2.39. The number of benzene rings is 1. The summed E-state index contributed by atoms with van der Waals surface area (Å²) in [7, 11) is 0. The maximum Gasteiger partial charge on any atom is 0.123 e. The third-order valence-electron chi connectivity index (χ3n) is 4.66. The Kier molecular flexibility index (Phi) is 4.58. The van der Waals surface area contributed by atoms with Crippen LogP contribution in [0.25, 0.3) is 10.9 Å². The Morgan fingerprint density at radius 2 is 2.14 bits per heavy atom. The minimum atomic E-state index is -0.178. The van der Waals surface area contributed by atoms with Gasteiger partial charge in [-0.3, -0.25) is 4.90 Å².